The molecule has 0 aliphatic rings. The third-order valence-corrected chi connectivity index (χ3v) is 5.25. The molecule has 22 heavy (non-hydrogen) atoms. The topological polar surface area (TPSA) is 0 Å². The summed E-state index contributed by atoms with van der Waals surface area (Å²) in [5, 5.41) is 0. The quantitative estimate of drug-likeness (QED) is 0.294. The summed E-state index contributed by atoms with van der Waals surface area (Å²) in [6, 6.07) is 7.20. The summed E-state index contributed by atoms with van der Waals surface area (Å²) in [4.78, 5) is 0. The summed E-state index contributed by atoms with van der Waals surface area (Å²) in [6.45, 7) is 14.0. The van der Waals surface area contributed by atoms with E-state index in [-0.39, 0.29) is 0 Å². The molecule has 0 aliphatic carbocycles. The van der Waals surface area contributed by atoms with Crippen LogP contribution < -0.4 is 0 Å². The summed E-state index contributed by atoms with van der Waals surface area (Å²) < 4.78 is 0.427. The standard InChI is InChI=1S/C21H35I/c1-7-20(3,4)12-8-10-18-14-17(2)15-19(16-18)11-9-13-21(5,6)22/h14-16H,7-13H2,1-6H3. The molecule has 0 unspecified atom stereocenters. The van der Waals surface area contributed by atoms with Crippen molar-refractivity contribution in [3.63, 3.8) is 0 Å². The maximum Gasteiger partial charge on any atom is 0.0166 e. The van der Waals surface area contributed by atoms with E-state index >= 15 is 0 Å². The van der Waals surface area contributed by atoms with Crippen molar-refractivity contribution in [1.82, 2.24) is 0 Å². The van der Waals surface area contributed by atoms with E-state index in [0.717, 1.165) is 0 Å². The Morgan fingerprint density at radius 3 is 1.82 bits per heavy atom. The maximum atomic E-state index is 2.56. The Morgan fingerprint density at radius 2 is 1.36 bits per heavy atom. The van der Waals surface area contributed by atoms with E-state index in [2.05, 4.69) is 82.3 Å². The van der Waals surface area contributed by atoms with Crippen molar-refractivity contribution in [3.05, 3.63) is 34.9 Å². The van der Waals surface area contributed by atoms with Gasteiger partial charge >= 0.3 is 0 Å². The first kappa shape index (κ1) is 20.0. The van der Waals surface area contributed by atoms with Gasteiger partial charge < -0.3 is 0 Å². The van der Waals surface area contributed by atoms with E-state index in [1.807, 2.05) is 0 Å². The highest BCUT2D eigenvalue weighted by atomic mass is 127. The second-order valence-electron chi connectivity index (χ2n) is 8.27. The van der Waals surface area contributed by atoms with Gasteiger partial charge in [-0.05, 0) is 62.0 Å². The van der Waals surface area contributed by atoms with Crippen LogP contribution in [0.1, 0.15) is 83.4 Å². The summed E-state index contributed by atoms with van der Waals surface area (Å²) in [7, 11) is 0. The fourth-order valence-corrected chi connectivity index (χ4v) is 3.28. The zero-order valence-electron chi connectivity index (χ0n) is 15.6. The van der Waals surface area contributed by atoms with Crippen LogP contribution in [-0.4, -0.2) is 3.42 Å². The Bertz CT molecular complexity index is 451. The van der Waals surface area contributed by atoms with E-state index in [1.165, 1.54) is 61.6 Å². The average molecular weight is 414 g/mol. The van der Waals surface area contributed by atoms with Crippen LogP contribution in [0.5, 0.6) is 0 Å². The molecular weight excluding hydrogens is 379 g/mol. The monoisotopic (exact) mass is 414 g/mol. The predicted octanol–water partition coefficient (Wildman–Crippen LogP) is 7.29. The molecule has 1 heteroatoms. The molecule has 1 aromatic carbocycles. The minimum Gasteiger partial charge on any atom is -0.0795 e. The molecule has 0 radical (unpaired) electrons. The van der Waals surface area contributed by atoms with E-state index in [9.17, 15) is 0 Å². The number of rotatable bonds is 9. The molecule has 0 atom stereocenters. The van der Waals surface area contributed by atoms with E-state index < -0.39 is 0 Å². The minimum absolute atomic E-state index is 0.427. The van der Waals surface area contributed by atoms with Crippen LogP contribution in [-0.2, 0) is 12.8 Å². The normalized spacial score (nSPS) is 12.7. The Hall–Kier alpha value is -0.0500. The van der Waals surface area contributed by atoms with Gasteiger partial charge in [0, 0.05) is 3.42 Å². The zero-order chi connectivity index (χ0) is 16.8. The highest BCUT2D eigenvalue weighted by Crippen LogP contribution is 2.27. The molecule has 0 amide bonds. The van der Waals surface area contributed by atoms with E-state index in [0.29, 0.717) is 8.84 Å². The van der Waals surface area contributed by atoms with Gasteiger partial charge in [0.1, 0.15) is 0 Å². The molecule has 0 saturated heterocycles. The van der Waals surface area contributed by atoms with Crippen molar-refractivity contribution in [1.29, 1.82) is 0 Å². The van der Waals surface area contributed by atoms with Crippen LogP contribution in [0.3, 0.4) is 0 Å². The predicted molar refractivity (Wildman–Crippen MR) is 109 cm³/mol. The molecule has 0 nitrogen and oxygen atoms in total. The third-order valence-electron chi connectivity index (χ3n) is 4.71. The van der Waals surface area contributed by atoms with Crippen molar-refractivity contribution in [3.8, 4) is 0 Å². The third kappa shape index (κ3) is 8.55. The minimum atomic E-state index is 0.427. The number of aryl methyl sites for hydroxylation is 3. The first-order valence-corrected chi connectivity index (χ1v) is 9.97. The summed E-state index contributed by atoms with van der Waals surface area (Å²) in [6.07, 6.45) is 8.96. The van der Waals surface area contributed by atoms with Crippen molar-refractivity contribution < 1.29 is 0 Å². The molecule has 0 N–H and O–H groups in total. The van der Waals surface area contributed by atoms with Gasteiger partial charge in [0.05, 0.1) is 0 Å². The van der Waals surface area contributed by atoms with Gasteiger partial charge in [-0.25, -0.2) is 0 Å². The molecule has 0 aromatic heterocycles. The van der Waals surface area contributed by atoms with Crippen LogP contribution in [0.2, 0.25) is 0 Å². The van der Waals surface area contributed by atoms with Gasteiger partial charge in [0.25, 0.3) is 0 Å². The lowest BCUT2D eigenvalue weighted by Crippen LogP contribution is -2.09. The molecule has 0 aliphatic heterocycles. The lowest BCUT2D eigenvalue weighted by Gasteiger charge is -2.22. The Labute approximate surface area is 152 Å². The van der Waals surface area contributed by atoms with Crippen molar-refractivity contribution in [2.45, 2.75) is 89.9 Å². The fraction of sp³-hybridized carbons (Fsp3) is 0.714. The molecule has 0 fully saturated rings. The number of hydrogen-bond acceptors (Lipinski definition) is 0. The Kier molecular flexibility index (Phi) is 7.91. The van der Waals surface area contributed by atoms with E-state index in [4.69, 9.17) is 0 Å². The number of halogens is 1. The first-order chi connectivity index (χ1) is 10.1. The van der Waals surface area contributed by atoms with Crippen molar-refractivity contribution >= 4 is 22.6 Å². The van der Waals surface area contributed by atoms with Crippen molar-refractivity contribution in [2.24, 2.45) is 5.41 Å². The summed E-state index contributed by atoms with van der Waals surface area (Å²) in [5.41, 5.74) is 5.00. The molecule has 1 rings (SSSR count). The van der Waals surface area contributed by atoms with Crippen LogP contribution in [0, 0.1) is 12.3 Å². The lowest BCUT2D eigenvalue weighted by atomic mass is 9.84. The molecule has 0 heterocycles. The van der Waals surface area contributed by atoms with Gasteiger partial charge in [-0.1, -0.05) is 87.4 Å². The molecule has 0 saturated carbocycles. The Balaban J connectivity index is 2.55. The number of benzene rings is 1. The highest BCUT2D eigenvalue weighted by Gasteiger charge is 2.14. The Morgan fingerprint density at radius 1 is 0.864 bits per heavy atom. The molecular formula is C21H35I. The second kappa shape index (κ2) is 8.70. The van der Waals surface area contributed by atoms with Crippen LogP contribution in [0.15, 0.2) is 18.2 Å². The molecule has 0 bridgehead atoms. The van der Waals surface area contributed by atoms with Crippen LogP contribution in [0.4, 0.5) is 0 Å². The first-order valence-electron chi connectivity index (χ1n) is 8.90. The smallest absolute Gasteiger partial charge is 0.0166 e. The number of hydrogen-bond donors (Lipinski definition) is 0. The van der Waals surface area contributed by atoms with Gasteiger partial charge in [0.2, 0.25) is 0 Å². The van der Waals surface area contributed by atoms with Crippen LogP contribution >= 0.6 is 22.6 Å². The van der Waals surface area contributed by atoms with Gasteiger partial charge in [-0.3, -0.25) is 0 Å². The average Bonchev–Trinajstić information content (AvgIpc) is 2.36. The fourth-order valence-electron chi connectivity index (χ4n) is 2.90. The zero-order valence-corrected chi connectivity index (χ0v) is 17.7. The van der Waals surface area contributed by atoms with Gasteiger partial charge in [-0.2, -0.15) is 0 Å². The molecule has 126 valence electrons. The highest BCUT2D eigenvalue weighted by molar-refractivity contribution is 14.1. The lowest BCUT2D eigenvalue weighted by molar-refractivity contribution is 0.313. The largest absolute Gasteiger partial charge is 0.0795 e. The van der Waals surface area contributed by atoms with Crippen LogP contribution in [0.25, 0.3) is 0 Å². The number of alkyl halides is 1. The maximum absolute atomic E-state index is 2.56. The SMILES string of the molecule is CCC(C)(C)CCCc1cc(C)cc(CCCC(C)(C)I)c1. The van der Waals surface area contributed by atoms with E-state index in [1.54, 1.807) is 0 Å². The van der Waals surface area contributed by atoms with Crippen molar-refractivity contribution in [2.75, 3.05) is 0 Å². The van der Waals surface area contributed by atoms with Gasteiger partial charge in [-0.15, -0.1) is 0 Å². The second-order valence-corrected chi connectivity index (χ2v) is 11.2. The van der Waals surface area contributed by atoms with Gasteiger partial charge in [0.15, 0.2) is 0 Å². The summed E-state index contributed by atoms with van der Waals surface area (Å²) in [5.74, 6) is 0. The molecule has 1 aromatic rings. The summed E-state index contributed by atoms with van der Waals surface area (Å²) >= 11 is 2.56. The molecule has 0 spiro atoms.